The van der Waals surface area contributed by atoms with Crippen molar-refractivity contribution in [1.29, 1.82) is 0 Å². The minimum atomic E-state index is -0.255. The van der Waals surface area contributed by atoms with Crippen LogP contribution in [0.25, 0.3) is 0 Å². The molecule has 3 nitrogen and oxygen atoms in total. The van der Waals surface area contributed by atoms with Gasteiger partial charge in [-0.2, -0.15) is 0 Å². The molecule has 2 aromatic rings. The van der Waals surface area contributed by atoms with Gasteiger partial charge >= 0.3 is 0 Å². The summed E-state index contributed by atoms with van der Waals surface area (Å²) in [4.78, 5) is 14.9. The number of carbonyl (C=O) groups excluding carboxylic acids is 1. The summed E-state index contributed by atoms with van der Waals surface area (Å²) in [5.74, 6) is -0.218. The van der Waals surface area contributed by atoms with Crippen LogP contribution < -0.4 is 10.2 Å². The third-order valence-corrected chi connectivity index (χ3v) is 4.62. The quantitative estimate of drug-likeness (QED) is 0.919. The summed E-state index contributed by atoms with van der Waals surface area (Å²) in [6, 6.07) is 16.1. The van der Waals surface area contributed by atoms with Crippen molar-refractivity contribution in [1.82, 2.24) is 5.32 Å². The van der Waals surface area contributed by atoms with Gasteiger partial charge in [0.05, 0.1) is 6.04 Å². The standard InChI is InChI=1S/C20H23FN2O/c1-15(16-7-3-2-4-8-16)22-20(24)19-9-5-6-14-23(19)18-12-10-17(21)11-13-18/h2-4,7-8,10-13,15,19H,5-6,9,14H2,1H3,(H,22,24). The van der Waals surface area contributed by atoms with Crippen molar-refractivity contribution < 1.29 is 9.18 Å². The van der Waals surface area contributed by atoms with Crippen LogP contribution in [0.3, 0.4) is 0 Å². The Labute approximate surface area is 142 Å². The third-order valence-electron chi connectivity index (χ3n) is 4.62. The lowest BCUT2D eigenvalue weighted by molar-refractivity contribution is -0.123. The van der Waals surface area contributed by atoms with Crippen LogP contribution in [0.1, 0.15) is 37.8 Å². The molecule has 0 bridgehead atoms. The number of hydrogen-bond donors (Lipinski definition) is 1. The summed E-state index contributed by atoms with van der Waals surface area (Å²) >= 11 is 0. The fourth-order valence-electron chi connectivity index (χ4n) is 3.28. The molecule has 1 fully saturated rings. The van der Waals surface area contributed by atoms with Gasteiger partial charge in [-0.15, -0.1) is 0 Å². The average molecular weight is 326 g/mol. The Hall–Kier alpha value is -2.36. The fraction of sp³-hybridized carbons (Fsp3) is 0.350. The molecule has 1 aliphatic heterocycles. The van der Waals surface area contributed by atoms with Gasteiger partial charge in [-0.25, -0.2) is 4.39 Å². The molecule has 1 amide bonds. The molecule has 2 aromatic carbocycles. The molecule has 0 aromatic heterocycles. The zero-order valence-electron chi connectivity index (χ0n) is 13.9. The van der Waals surface area contributed by atoms with Gasteiger partial charge in [0.1, 0.15) is 11.9 Å². The van der Waals surface area contributed by atoms with Crippen LogP contribution >= 0.6 is 0 Å². The maximum absolute atomic E-state index is 13.2. The van der Waals surface area contributed by atoms with Crippen molar-refractivity contribution in [2.24, 2.45) is 0 Å². The number of benzene rings is 2. The summed E-state index contributed by atoms with van der Waals surface area (Å²) in [5.41, 5.74) is 2.00. The minimum Gasteiger partial charge on any atom is -0.360 e. The Balaban J connectivity index is 1.72. The van der Waals surface area contributed by atoms with E-state index in [2.05, 4.69) is 10.2 Å². The molecule has 126 valence electrons. The van der Waals surface area contributed by atoms with Crippen LogP contribution in [0.15, 0.2) is 54.6 Å². The molecule has 3 rings (SSSR count). The first-order chi connectivity index (χ1) is 11.6. The van der Waals surface area contributed by atoms with E-state index in [0.717, 1.165) is 37.1 Å². The first-order valence-electron chi connectivity index (χ1n) is 8.52. The van der Waals surface area contributed by atoms with Gasteiger partial charge in [0.25, 0.3) is 0 Å². The summed E-state index contributed by atoms with van der Waals surface area (Å²) in [7, 11) is 0. The molecule has 0 saturated carbocycles. The van der Waals surface area contributed by atoms with E-state index in [-0.39, 0.29) is 23.8 Å². The van der Waals surface area contributed by atoms with Crippen LogP contribution in [0, 0.1) is 5.82 Å². The van der Waals surface area contributed by atoms with Crippen LogP contribution in [0.4, 0.5) is 10.1 Å². The fourth-order valence-corrected chi connectivity index (χ4v) is 3.28. The molecular weight excluding hydrogens is 303 g/mol. The second-order valence-electron chi connectivity index (χ2n) is 6.32. The van der Waals surface area contributed by atoms with Gasteiger partial charge in [-0.1, -0.05) is 30.3 Å². The van der Waals surface area contributed by atoms with Crippen molar-refractivity contribution in [2.75, 3.05) is 11.4 Å². The second-order valence-corrected chi connectivity index (χ2v) is 6.32. The molecule has 1 N–H and O–H groups in total. The minimum absolute atomic E-state index is 0.0318. The maximum atomic E-state index is 13.2. The summed E-state index contributed by atoms with van der Waals surface area (Å²) < 4.78 is 13.2. The van der Waals surface area contributed by atoms with Gasteiger partial charge < -0.3 is 10.2 Å². The number of nitrogens with one attached hydrogen (secondary N) is 1. The molecule has 2 unspecified atom stereocenters. The van der Waals surface area contributed by atoms with Crippen molar-refractivity contribution in [3.63, 3.8) is 0 Å². The zero-order valence-corrected chi connectivity index (χ0v) is 13.9. The predicted octanol–water partition coefficient (Wildman–Crippen LogP) is 4.06. The highest BCUT2D eigenvalue weighted by atomic mass is 19.1. The molecule has 0 spiro atoms. The van der Waals surface area contributed by atoms with Gasteiger partial charge in [-0.05, 0) is 56.0 Å². The molecule has 2 atom stereocenters. The van der Waals surface area contributed by atoms with Crippen LogP contribution in [0.5, 0.6) is 0 Å². The van der Waals surface area contributed by atoms with E-state index in [1.54, 1.807) is 12.1 Å². The molecule has 1 heterocycles. The van der Waals surface area contributed by atoms with Gasteiger partial charge in [0.15, 0.2) is 0 Å². The number of hydrogen-bond acceptors (Lipinski definition) is 2. The molecule has 0 aliphatic carbocycles. The van der Waals surface area contributed by atoms with Crippen molar-refractivity contribution in [3.05, 3.63) is 66.0 Å². The van der Waals surface area contributed by atoms with Crippen molar-refractivity contribution >= 4 is 11.6 Å². The van der Waals surface area contributed by atoms with E-state index in [1.165, 1.54) is 12.1 Å². The lowest BCUT2D eigenvalue weighted by Gasteiger charge is -2.37. The molecule has 24 heavy (non-hydrogen) atoms. The van der Waals surface area contributed by atoms with Crippen molar-refractivity contribution in [3.8, 4) is 0 Å². The molecule has 1 aliphatic rings. The Morgan fingerprint density at radius 2 is 1.83 bits per heavy atom. The van der Waals surface area contributed by atoms with E-state index in [1.807, 2.05) is 37.3 Å². The number of rotatable bonds is 4. The number of carbonyl (C=O) groups is 1. The first kappa shape index (κ1) is 16.5. The second kappa shape index (κ2) is 7.47. The Morgan fingerprint density at radius 3 is 2.54 bits per heavy atom. The Kier molecular flexibility index (Phi) is 5.14. The highest BCUT2D eigenvalue weighted by molar-refractivity contribution is 5.85. The monoisotopic (exact) mass is 326 g/mol. The number of anilines is 1. The summed E-state index contributed by atoms with van der Waals surface area (Å²) in [5, 5.41) is 3.12. The Bertz CT molecular complexity index is 672. The number of nitrogens with zero attached hydrogens (tertiary/aromatic N) is 1. The zero-order chi connectivity index (χ0) is 16.9. The maximum Gasteiger partial charge on any atom is 0.243 e. The largest absolute Gasteiger partial charge is 0.360 e. The van der Waals surface area contributed by atoms with Crippen LogP contribution in [-0.4, -0.2) is 18.5 Å². The summed E-state index contributed by atoms with van der Waals surface area (Å²) in [6.45, 7) is 2.82. The smallest absolute Gasteiger partial charge is 0.243 e. The van der Waals surface area contributed by atoms with Gasteiger partial charge in [0, 0.05) is 12.2 Å². The van der Waals surface area contributed by atoms with Crippen LogP contribution in [-0.2, 0) is 4.79 Å². The predicted molar refractivity (Wildman–Crippen MR) is 94.4 cm³/mol. The van der Waals surface area contributed by atoms with Crippen LogP contribution in [0.2, 0.25) is 0 Å². The van der Waals surface area contributed by atoms with E-state index >= 15 is 0 Å². The van der Waals surface area contributed by atoms with Gasteiger partial charge in [-0.3, -0.25) is 4.79 Å². The molecule has 0 radical (unpaired) electrons. The molecule has 4 heteroatoms. The average Bonchev–Trinajstić information content (AvgIpc) is 2.63. The summed E-state index contributed by atoms with van der Waals surface area (Å²) in [6.07, 6.45) is 2.91. The lowest BCUT2D eigenvalue weighted by Crippen LogP contribution is -2.50. The van der Waals surface area contributed by atoms with Gasteiger partial charge in [0.2, 0.25) is 5.91 Å². The highest BCUT2D eigenvalue weighted by Gasteiger charge is 2.29. The highest BCUT2D eigenvalue weighted by Crippen LogP contribution is 2.26. The Morgan fingerprint density at radius 1 is 1.12 bits per heavy atom. The normalized spacial score (nSPS) is 18.9. The molecular formula is C20H23FN2O. The topological polar surface area (TPSA) is 32.3 Å². The number of amides is 1. The first-order valence-corrected chi connectivity index (χ1v) is 8.52. The third kappa shape index (κ3) is 3.75. The van der Waals surface area contributed by atoms with E-state index < -0.39 is 0 Å². The van der Waals surface area contributed by atoms with Crippen molar-refractivity contribution in [2.45, 2.75) is 38.3 Å². The molecule has 1 saturated heterocycles. The van der Waals surface area contributed by atoms with E-state index in [9.17, 15) is 9.18 Å². The van der Waals surface area contributed by atoms with E-state index in [0.29, 0.717) is 0 Å². The lowest BCUT2D eigenvalue weighted by atomic mass is 9.99. The number of halogens is 1. The number of piperidine rings is 1. The SMILES string of the molecule is CC(NC(=O)C1CCCCN1c1ccc(F)cc1)c1ccccc1. The van der Waals surface area contributed by atoms with E-state index in [4.69, 9.17) is 0 Å².